The van der Waals surface area contributed by atoms with Gasteiger partial charge in [-0.25, -0.2) is 0 Å². The minimum atomic E-state index is 0.804. The number of aromatic amines is 1. The van der Waals surface area contributed by atoms with E-state index in [1.807, 2.05) is 0 Å². The molecule has 1 saturated heterocycles. The molecule has 1 unspecified atom stereocenters. The van der Waals surface area contributed by atoms with Gasteiger partial charge in [0.25, 0.3) is 0 Å². The second-order valence-electron chi connectivity index (χ2n) is 4.33. The van der Waals surface area contributed by atoms with Crippen molar-refractivity contribution in [3.8, 4) is 0 Å². The Labute approximate surface area is 85.3 Å². The molecule has 0 amide bonds. The third kappa shape index (κ3) is 1.98. The Bertz CT molecular complexity index is 278. The fraction of sp³-hybridized carbons (Fsp3) is 0.727. The predicted molar refractivity (Wildman–Crippen MR) is 57.4 cm³/mol. The van der Waals surface area contributed by atoms with Crippen molar-refractivity contribution in [3.63, 3.8) is 0 Å². The average molecular weight is 193 g/mol. The number of aromatic nitrogens is 2. The lowest BCUT2D eigenvalue weighted by molar-refractivity contribution is 0.375. The van der Waals surface area contributed by atoms with Gasteiger partial charge in [-0.05, 0) is 57.7 Å². The molecule has 2 N–H and O–H groups in total. The highest BCUT2D eigenvalue weighted by molar-refractivity contribution is 5.23. The van der Waals surface area contributed by atoms with Crippen molar-refractivity contribution in [1.29, 1.82) is 0 Å². The van der Waals surface area contributed by atoms with Crippen molar-refractivity contribution < 1.29 is 0 Å². The monoisotopic (exact) mass is 193 g/mol. The van der Waals surface area contributed by atoms with Gasteiger partial charge >= 0.3 is 0 Å². The first-order chi connectivity index (χ1) is 6.77. The van der Waals surface area contributed by atoms with Crippen molar-refractivity contribution in [3.05, 3.63) is 17.0 Å². The van der Waals surface area contributed by atoms with Gasteiger partial charge in [0.15, 0.2) is 0 Å². The van der Waals surface area contributed by atoms with Crippen LogP contribution in [0, 0.1) is 19.8 Å². The molecule has 0 aromatic carbocycles. The minimum Gasteiger partial charge on any atom is -0.316 e. The second kappa shape index (κ2) is 4.13. The first kappa shape index (κ1) is 9.71. The van der Waals surface area contributed by atoms with E-state index in [0.717, 1.165) is 5.92 Å². The van der Waals surface area contributed by atoms with Crippen molar-refractivity contribution >= 4 is 0 Å². The molecular weight excluding hydrogens is 174 g/mol. The number of piperidine rings is 1. The summed E-state index contributed by atoms with van der Waals surface area (Å²) in [6.45, 7) is 6.57. The van der Waals surface area contributed by atoms with Gasteiger partial charge in [0.05, 0.1) is 5.69 Å². The van der Waals surface area contributed by atoms with Gasteiger partial charge in [0.2, 0.25) is 0 Å². The van der Waals surface area contributed by atoms with Crippen LogP contribution in [0.5, 0.6) is 0 Å². The van der Waals surface area contributed by atoms with E-state index in [0.29, 0.717) is 0 Å². The van der Waals surface area contributed by atoms with Crippen LogP contribution in [0.2, 0.25) is 0 Å². The van der Waals surface area contributed by atoms with E-state index in [-0.39, 0.29) is 0 Å². The normalized spacial score (nSPS) is 22.6. The number of nitrogens with one attached hydrogen (secondary N) is 2. The van der Waals surface area contributed by atoms with E-state index in [2.05, 4.69) is 29.4 Å². The molecule has 1 atom stereocenters. The minimum absolute atomic E-state index is 0.804. The van der Waals surface area contributed by atoms with Gasteiger partial charge in [-0.2, -0.15) is 5.10 Å². The summed E-state index contributed by atoms with van der Waals surface area (Å²) in [6.07, 6.45) is 3.86. The highest BCUT2D eigenvalue weighted by Crippen LogP contribution is 2.19. The number of nitrogens with zero attached hydrogens (tertiary/aromatic N) is 1. The molecule has 0 bridgehead atoms. The maximum absolute atomic E-state index is 4.24. The lowest BCUT2D eigenvalue weighted by Crippen LogP contribution is -2.31. The largest absolute Gasteiger partial charge is 0.316 e. The molecule has 3 nitrogen and oxygen atoms in total. The molecule has 0 spiro atoms. The number of hydrogen-bond acceptors (Lipinski definition) is 2. The fourth-order valence-electron chi connectivity index (χ4n) is 2.26. The van der Waals surface area contributed by atoms with Crippen LogP contribution in [0.15, 0.2) is 0 Å². The molecule has 2 rings (SSSR count). The molecule has 1 aromatic heterocycles. The second-order valence-corrected chi connectivity index (χ2v) is 4.33. The molecule has 1 aliphatic heterocycles. The summed E-state index contributed by atoms with van der Waals surface area (Å²) in [5.41, 5.74) is 3.85. The molecule has 1 aliphatic rings. The molecule has 14 heavy (non-hydrogen) atoms. The zero-order chi connectivity index (χ0) is 9.97. The Balaban J connectivity index is 2.02. The molecule has 0 radical (unpaired) electrons. The summed E-state index contributed by atoms with van der Waals surface area (Å²) in [7, 11) is 0. The van der Waals surface area contributed by atoms with Crippen molar-refractivity contribution in [2.24, 2.45) is 5.92 Å². The third-order valence-corrected chi connectivity index (χ3v) is 3.17. The molecule has 0 aliphatic carbocycles. The Kier molecular flexibility index (Phi) is 2.87. The van der Waals surface area contributed by atoms with E-state index in [4.69, 9.17) is 0 Å². The topological polar surface area (TPSA) is 40.7 Å². The average Bonchev–Trinajstić information content (AvgIpc) is 2.51. The van der Waals surface area contributed by atoms with Crippen LogP contribution < -0.4 is 5.32 Å². The Hall–Kier alpha value is -0.830. The zero-order valence-electron chi connectivity index (χ0n) is 9.06. The Morgan fingerprint density at radius 1 is 1.43 bits per heavy atom. The van der Waals surface area contributed by atoms with Crippen LogP contribution in [0.4, 0.5) is 0 Å². The molecular formula is C11H19N3. The molecule has 3 heteroatoms. The van der Waals surface area contributed by atoms with E-state index < -0.39 is 0 Å². The first-order valence-electron chi connectivity index (χ1n) is 5.48. The summed E-state index contributed by atoms with van der Waals surface area (Å²) in [6, 6.07) is 0. The summed E-state index contributed by atoms with van der Waals surface area (Å²) in [5.74, 6) is 0.804. The van der Waals surface area contributed by atoms with Gasteiger partial charge in [-0.15, -0.1) is 0 Å². The fourth-order valence-corrected chi connectivity index (χ4v) is 2.26. The highest BCUT2D eigenvalue weighted by Gasteiger charge is 2.16. The van der Waals surface area contributed by atoms with Crippen LogP contribution in [0.25, 0.3) is 0 Å². The van der Waals surface area contributed by atoms with E-state index in [1.54, 1.807) is 0 Å². The SMILES string of the molecule is Cc1n[nH]c(C)c1CC1CCCNC1. The van der Waals surface area contributed by atoms with E-state index in [9.17, 15) is 0 Å². The van der Waals surface area contributed by atoms with Gasteiger partial charge in [-0.3, -0.25) is 5.10 Å². The third-order valence-electron chi connectivity index (χ3n) is 3.17. The molecule has 1 aromatic rings. The van der Waals surface area contributed by atoms with Crippen LogP contribution in [0.3, 0.4) is 0 Å². The van der Waals surface area contributed by atoms with E-state index >= 15 is 0 Å². The molecule has 0 saturated carbocycles. The molecule has 78 valence electrons. The summed E-state index contributed by atoms with van der Waals surface area (Å²) < 4.78 is 0. The van der Waals surface area contributed by atoms with Crippen molar-refractivity contribution in [1.82, 2.24) is 15.5 Å². The first-order valence-corrected chi connectivity index (χ1v) is 5.48. The molecule has 2 heterocycles. The van der Waals surface area contributed by atoms with Crippen LogP contribution in [-0.2, 0) is 6.42 Å². The number of H-pyrrole nitrogens is 1. The summed E-state index contributed by atoms with van der Waals surface area (Å²) in [5, 5.41) is 10.7. The van der Waals surface area contributed by atoms with Crippen LogP contribution in [0.1, 0.15) is 29.8 Å². The standard InChI is InChI=1S/C11H19N3/c1-8-11(9(2)14-13-8)6-10-4-3-5-12-7-10/h10,12H,3-7H2,1-2H3,(H,13,14). The number of aryl methyl sites for hydroxylation is 2. The van der Waals surface area contributed by atoms with Gasteiger partial charge in [0, 0.05) is 5.69 Å². The Morgan fingerprint density at radius 2 is 2.29 bits per heavy atom. The lowest BCUT2D eigenvalue weighted by Gasteiger charge is -2.22. The smallest absolute Gasteiger partial charge is 0.0626 e. The van der Waals surface area contributed by atoms with Crippen molar-refractivity contribution in [2.45, 2.75) is 33.1 Å². The van der Waals surface area contributed by atoms with Gasteiger partial charge in [-0.1, -0.05) is 0 Å². The summed E-state index contributed by atoms with van der Waals surface area (Å²) >= 11 is 0. The van der Waals surface area contributed by atoms with Crippen LogP contribution in [-0.4, -0.2) is 23.3 Å². The zero-order valence-corrected chi connectivity index (χ0v) is 9.06. The summed E-state index contributed by atoms with van der Waals surface area (Å²) in [4.78, 5) is 0. The van der Waals surface area contributed by atoms with Gasteiger partial charge < -0.3 is 5.32 Å². The maximum atomic E-state index is 4.24. The van der Waals surface area contributed by atoms with Gasteiger partial charge in [0.1, 0.15) is 0 Å². The highest BCUT2D eigenvalue weighted by atomic mass is 15.1. The predicted octanol–water partition coefficient (Wildman–Crippen LogP) is 1.57. The van der Waals surface area contributed by atoms with E-state index in [1.165, 1.54) is 49.3 Å². The maximum Gasteiger partial charge on any atom is 0.0626 e. The van der Waals surface area contributed by atoms with Crippen molar-refractivity contribution in [2.75, 3.05) is 13.1 Å². The number of hydrogen-bond donors (Lipinski definition) is 2. The van der Waals surface area contributed by atoms with Crippen LogP contribution >= 0.6 is 0 Å². The lowest BCUT2D eigenvalue weighted by atomic mass is 9.91. The quantitative estimate of drug-likeness (QED) is 0.748. The molecule has 1 fully saturated rings. The Morgan fingerprint density at radius 3 is 2.86 bits per heavy atom. The number of rotatable bonds is 2.